The molecule has 2 saturated heterocycles. The van der Waals surface area contributed by atoms with E-state index in [2.05, 4.69) is 57.9 Å². The average Bonchev–Trinajstić information content (AvgIpc) is 3.11. The number of hydrogen-bond acceptors (Lipinski definition) is 3. The van der Waals surface area contributed by atoms with Gasteiger partial charge in [0.25, 0.3) is 0 Å². The van der Waals surface area contributed by atoms with Crippen LogP contribution in [0.1, 0.15) is 49.1 Å². The van der Waals surface area contributed by atoms with Gasteiger partial charge >= 0.3 is 0 Å². The second-order valence-corrected chi connectivity index (χ2v) is 8.27. The molecule has 5 nitrogen and oxygen atoms in total. The molecule has 1 N–H and O–H groups in total. The summed E-state index contributed by atoms with van der Waals surface area (Å²) in [6, 6.07) is 10.4. The Hall–Kier alpha value is -2.14. The summed E-state index contributed by atoms with van der Waals surface area (Å²) in [5.74, 6) is 0.323. The summed E-state index contributed by atoms with van der Waals surface area (Å²) in [5.41, 5.74) is 3.75. The second-order valence-electron chi connectivity index (χ2n) is 8.27. The molecule has 0 bridgehead atoms. The first-order chi connectivity index (χ1) is 13.1. The molecule has 5 heteroatoms. The molecule has 0 saturated carbocycles. The zero-order chi connectivity index (χ0) is 18.9. The van der Waals surface area contributed by atoms with E-state index in [4.69, 9.17) is 0 Å². The van der Waals surface area contributed by atoms with Crippen LogP contribution in [0.5, 0.6) is 0 Å². The zero-order valence-corrected chi connectivity index (χ0v) is 16.4. The number of hydrogen-bond donors (Lipinski definition) is 1. The fourth-order valence-electron chi connectivity index (χ4n) is 4.81. The van der Waals surface area contributed by atoms with E-state index in [1.54, 1.807) is 6.33 Å². The van der Waals surface area contributed by atoms with E-state index in [0.717, 1.165) is 57.7 Å². The van der Waals surface area contributed by atoms with Gasteiger partial charge in [0.15, 0.2) is 0 Å². The van der Waals surface area contributed by atoms with E-state index in [0.29, 0.717) is 5.91 Å². The minimum absolute atomic E-state index is 0.0139. The third-order valence-electron chi connectivity index (χ3n) is 6.58. The molecular weight excluding hydrogens is 336 g/mol. The van der Waals surface area contributed by atoms with Crippen molar-refractivity contribution in [3.63, 3.8) is 0 Å². The molecule has 1 atom stereocenters. The maximum absolute atomic E-state index is 13.0. The van der Waals surface area contributed by atoms with Gasteiger partial charge < -0.3 is 9.88 Å². The normalized spacial score (nSPS) is 23.1. The molecule has 1 aromatic carbocycles. The standard InChI is InChI=1S/C22H30N4O/c1-3-26-15-22(13-19(21(26)27)18-7-5-4-6-8-18)9-11-25(12-10-22)14-20-17(2)23-16-24-20/h4-8,16,19H,3,9-15H2,1-2H3,(H,23,24)/t19-/m1/s1. The van der Waals surface area contributed by atoms with Crippen LogP contribution in [0.3, 0.4) is 0 Å². The van der Waals surface area contributed by atoms with Crippen molar-refractivity contribution < 1.29 is 4.79 Å². The van der Waals surface area contributed by atoms with Gasteiger partial charge in [0.1, 0.15) is 0 Å². The summed E-state index contributed by atoms with van der Waals surface area (Å²) in [4.78, 5) is 25.2. The summed E-state index contributed by atoms with van der Waals surface area (Å²) in [6.07, 6.45) is 5.08. The van der Waals surface area contributed by atoms with Crippen molar-refractivity contribution in [3.05, 3.63) is 53.6 Å². The average molecular weight is 367 g/mol. The monoisotopic (exact) mass is 366 g/mol. The van der Waals surface area contributed by atoms with Crippen LogP contribution in [0, 0.1) is 12.3 Å². The quantitative estimate of drug-likeness (QED) is 0.903. The third kappa shape index (κ3) is 3.65. The first-order valence-corrected chi connectivity index (χ1v) is 10.2. The lowest BCUT2D eigenvalue weighted by Crippen LogP contribution is -2.53. The Morgan fingerprint density at radius 2 is 1.96 bits per heavy atom. The molecular formula is C22H30N4O. The Kier molecular flexibility index (Phi) is 5.04. The number of nitrogens with zero attached hydrogens (tertiary/aromatic N) is 3. The van der Waals surface area contributed by atoms with Crippen LogP contribution in [0.25, 0.3) is 0 Å². The highest BCUT2D eigenvalue weighted by molar-refractivity contribution is 5.84. The number of carbonyl (C=O) groups is 1. The zero-order valence-electron chi connectivity index (χ0n) is 16.4. The van der Waals surface area contributed by atoms with E-state index >= 15 is 0 Å². The number of carbonyl (C=O) groups excluding carboxylic acids is 1. The van der Waals surface area contributed by atoms with Crippen LogP contribution < -0.4 is 0 Å². The summed E-state index contributed by atoms with van der Waals surface area (Å²) in [6.45, 7) is 9.00. The van der Waals surface area contributed by atoms with Crippen LogP contribution in [-0.4, -0.2) is 51.9 Å². The lowest BCUT2D eigenvalue weighted by molar-refractivity contribution is -0.141. The van der Waals surface area contributed by atoms with Crippen molar-refractivity contribution >= 4 is 5.91 Å². The Labute approximate surface area is 161 Å². The number of amides is 1. The molecule has 2 fully saturated rings. The maximum Gasteiger partial charge on any atom is 0.230 e. The number of likely N-dealkylation sites (N-methyl/N-ethyl adjacent to an activating group) is 1. The van der Waals surface area contributed by atoms with Crippen molar-refractivity contribution in [1.82, 2.24) is 19.8 Å². The van der Waals surface area contributed by atoms with Crippen LogP contribution in [0.4, 0.5) is 0 Å². The topological polar surface area (TPSA) is 52.2 Å². The molecule has 0 unspecified atom stereocenters. The highest BCUT2D eigenvalue weighted by atomic mass is 16.2. The predicted octanol–water partition coefficient (Wildman–Crippen LogP) is 3.34. The van der Waals surface area contributed by atoms with Crippen molar-refractivity contribution in [2.24, 2.45) is 5.41 Å². The summed E-state index contributed by atoms with van der Waals surface area (Å²) in [7, 11) is 0. The number of aromatic nitrogens is 2. The number of aryl methyl sites for hydroxylation is 1. The molecule has 2 aromatic rings. The smallest absolute Gasteiger partial charge is 0.230 e. The number of rotatable bonds is 4. The number of imidazole rings is 1. The third-order valence-corrected chi connectivity index (χ3v) is 6.58. The van der Waals surface area contributed by atoms with Gasteiger partial charge in [0, 0.05) is 25.3 Å². The largest absolute Gasteiger partial charge is 0.348 e. The SMILES string of the molecule is CCN1CC2(CCN(Cc3nc[nH]c3C)CC2)C[C@H](c2ccccc2)C1=O. The minimum Gasteiger partial charge on any atom is -0.348 e. The van der Waals surface area contributed by atoms with Crippen molar-refractivity contribution in [3.8, 4) is 0 Å². The first-order valence-electron chi connectivity index (χ1n) is 10.2. The molecule has 4 rings (SSSR count). The van der Waals surface area contributed by atoms with Gasteiger partial charge in [0.2, 0.25) is 5.91 Å². The van der Waals surface area contributed by atoms with Gasteiger partial charge in [-0.15, -0.1) is 0 Å². The molecule has 0 radical (unpaired) electrons. The molecule has 1 amide bonds. The summed E-state index contributed by atoms with van der Waals surface area (Å²) in [5, 5.41) is 0. The number of piperidine rings is 2. The number of nitrogens with one attached hydrogen (secondary N) is 1. The molecule has 0 aliphatic carbocycles. The van der Waals surface area contributed by atoms with Crippen molar-refractivity contribution in [2.75, 3.05) is 26.2 Å². The first kappa shape index (κ1) is 18.2. The molecule has 27 heavy (non-hydrogen) atoms. The molecule has 2 aliphatic rings. The van der Waals surface area contributed by atoms with Crippen molar-refractivity contribution in [1.29, 1.82) is 0 Å². The molecule has 3 heterocycles. The number of H-pyrrole nitrogens is 1. The van der Waals surface area contributed by atoms with E-state index in [-0.39, 0.29) is 11.3 Å². The van der Waals surface area contributed by atoms with Gasteiger partial charge in [-0.1, -0.05) is 30.3 Å². The van der Waals surface area contributed by atoms with E-state index < -0.39 is 0 Å². The van der Waals surface area contributed by atoms with Gasteiger partial charge in [-0.25, -0.2) is 4.98 Å². The number of likely N-dealkylation sites (tertiary alicyclic amines) is 2. The minimum atomic E-state index is 0.0139. The lowest BCUT2D eigenvalue weighted by atomic mass is 9.67. The molecule has 2 aliphatic heterocycles. The van der Waals surface area contributed by atoms with Gasteiger partial charge in [-0.2, -0.15) is 0 Å². The van der Waals surface area contributed by atoms with E-state index in [1.807, 2.05) is 6.07 Å². The Morgan fingerprint density at radius 1 is 1.22 bits per heavy atom. The van der Waals surface area contributed by atoms with Crippen molar-refractivity contribution in [2.45, 2.75) is 45.6 Å². The highest BCUT2D eigenvalue weighted by Gasteiger charge is 2.45. The second kappa shape index (κ2) is 7.47. The highest BCUT2D eigenvalue weighted by Crippen LogP contribution is 2.45. The van der Waals surface area contributed by atoms with Crippen LogP contribution in [-0.2, 0) is 11.3 Å². The number of benzene rings is 1. The molecule has 144 valence electrons. The molecule has 1 spiro atoms. The fourth-order valence-corrected chi connectivity index (χ4v) is 4.81. The van der Waals surface area contributed by atoms with Gasteiger partial charge in [0.05, 0.1) is 17.9 Å². The Morgan fingerprint density at radius 3 is 2.59 bits per heavy atom. The predicted molar refractivity (Wildman–Crippen MR) is 106 cm³/mol. The lowest BCUT2D eigenvalue weighted by Gasteiger charge is -2.49. The summed E-state index contributed by atoms with van der Waals surface area (Å²) >= 11 is 0. The van der Waals surface area contributed by atoms with Crippen LogP contribution >= 0.6 is 0 Å². The Balaban J connectivity index is 1.48. The number of aromatic amines is 1. The summed E-state index contributed by atoms with van der Waals surface area (Å²) < 4.78 is 0. The van der Waals surface area contributed by atoms with E-state index in [9.17, 15) is 4.79 Å². The van der Waals surface area contributed by atoms with Gasteiger partial charge in [-0.05, 0) is 57.2 Å². The van der Waals surface area contributed by atoms with Crippen LogP contribution in [0.15, 0.2) is 36.7 Å². The van der Waals surface area contributed by atoms with Crippen LogP contribution in [0.2, 0.25) is 0 Å². The van der Waals surface area contributed by atoms with Gasteiger partial charge in [-0.3, -0.25) is 9.69 Å². The van der Waals surface area contributed by atoms with E-state index in [1.165, 1.54) is 11.3 Å². The fraction of sp³-hybridized carbons (Fsp3) is 0.545. The maximum atomic E-state index is 13.0. The Bertz CT molecular complexity index is 777. The molecule has 1 aromatic heterocycles.